The number of nitrogen functional groups attached to an aromatic ring is 1. The Balaban J connectivity index is 1.76. The molecule has 0 aliphatic heterocycles. The van der Waals surface area contributed by atoms with E-state index >= 15 is 0 Å². The fraction of sp³-hybridized carbons (Fsp3) is 0.250. The lowest BCUT2D eigenvalue weighted by Gasteiger charge is -2.07. The SMILES string of the molecule is Cc1c(NC(=O)CSc2nnc(C(F)(F)F)n2N)c(=O)n(-c2ccccc2)n1C. The zero-order chi connectivity index (χ0) is 21.3. The highest BCUT2D eigenvalue weighted by molar-refractivity contribution is 7.99. The minimum atomic E-state index is -4.76. The summed E-state index contributed by atoms with van der Waals surface area (Å²) in [4.78, 5) is 25.0. The Morgan fingerprint density at radius 1 is 1.24 bits per heavy atom. The van der Waals surface area contributed by atoms with Crippen molar-refractivity contribution in [2.45, 2.75) is 18.3 Å². The maximum atomic E-state index is 12.7. The maximum absolute atomic E-state index is 12.7. The summed E-state index contributed by atoms with van der Waals surface area (Å²) in [7, 11) is 1.67. The number of hydrogen-bond donors (Lipinski definition) is 2. The second-order valence-electron chi connectivity index (χ2n) is 5.95. The van der Waals surface area contributed by atoms with Gasteiger partial charge in [0.15, 0.2) is 0 Å². The molecular weight excluding hydrogens is 411 g/mol. The van der Waals surface area contributed by atoms with E-state index in [4.69, 9.17) is 5.84 Å². The van der Waals surface area contributed by atoms with E-state index in [0.29, 0.717) is 23.1 Å². The molecule has 0 aliphatic rings. The highest BCUT2D eigenvalue weighted by atomic mass is 32.2. The number of rotatable bonds is 5. The molecular formula is C16H16F3N7O2S. The summed E-state index contributed by atoms with van der Waals surface area (Å²) in [6, 6.07) is 8.85. The van der Waals surface area contributed by atoms with Crippen molar-refractivity contribution in [2.75, 3.05) is 16.9 Å². The normalized spacial score (nSPS) is 11.6. The van der Waals surface area contributed by atoms with E-state index < -0.39 is 23.5 Å². The molecule has 0 atom stereocenters. The van der Waals surface area contributed by atoms with Crippen LogP contribution in [-0.4, -0.2) is 35.9 Å². The van der Waals surface area contributed by atoms with Crippen LogP contribution in [0.5, 0.6) is 0 Å². The Bertz CT molecular complexity index is 1100. The zero-order valence-corrected chi connectivity index (χ0v) is 16.1. The van der Waals surface area contributed by atoms with Gasteiger partial charge in [-0.2, -0.15) is 13.2 Å². The Morgan fingerprint density at radius 3 is 2.48 bits per heavy atom. The molecule has 13 heteroatoms. The first kappa shape index (κ1) is 20.5. The quantitative estimate of drug-likeness (QED) is 0.472. The Hall–Kier alpha value is -3.22. The number of nitrogens with zero attached hydrogens (tertiary/aromatic N) is 5. The smallest absolute Gasteiger partial charge is 0.335 e. The van der Waals surface area contributed by atoms with Crippen LogP contribution in [0.15, 0.2) is 40.3 Å². The van der Waals surface area contributed by atoms with Gasteiger partial charge in [0.25, 0.3) is 11.4 Å². The molecule has 0 spiro atoms. The highest BCUT2D eigenvalue weighted by Crippen LogP contribution is 2.28. The predicted molar refractivity (Wildman–Crippen MR) is 100 cm³/mol. The number of amides is 1. The average Bonchev–Trinajstić information content (AvgIpc) is 3.14. The van der Waals surface area contributed by atoms with Crippen molar-refractivity contribution in [2.24, 2.45) is 7.05 Å². The zero-order valence-electron chi connectivity index (χ0n) is 15.3. The third-order valence-corrected chi connectivity index (χ3v) is 5.01. The number of anilines is 1. The number of benzene rings is 1. The third-order valence-electron chi connectivity index (χ3n) is 4.07. The largest absolute Gasteiger partial charge is 0.453 e. The Labute approximate surface area is 166 Å². The molecule has 0 saturated heterocycles. The fourth-order valence-corrected chi connectivity index (χ4v) is 3.24. The lowest BCUT2D eigenvalue weighted by molar-refractivity contribution is -0.146. The van der Waals surface area contributed by atoms with Crippen LogP contribution in [0.2, 0.25) is 0 Å². The van der Waals surface area contributed by atoms with E-state index in [9.17, 15) is 22.8 Å². The van der Waals surface area contributed by atoms with Gasteiger partial charge < -0.3 is 11.2 Å². The molecule has 0 fully saturated rings. The number of alkyl halides is 3. The first-order valence-corrected chi connectivity index (χ1v) is 9.14. The molecule has 0 saturated carbocycles. The van der Waals surface area contributed by atoms with Crippen LogP contribution in [0.25, 0.3) is 5.69 Å². The van der Waals surface area contributed by atoms with E-state index in [1.165, 1.54) is 4.68 Å². The molecule has 0 radical (unpaired) electrons. The number of aromatic nitrogens is 5. The van der Waals surface area contributed by atoms with Crippen LogP contribution >= 0.6 is 11.8 Å². The van der Waals surface area contributed by atoms with Crippen molar-refractivity contribution in [1.82, 2.24) is 24.2 Å². The second kappa shape index (κ2) is 7.66. The second-order valence-corrected chi connectivity index (χ2v) is 6.89. The van der Waals surface area contributed by atoms with Crippen molar-refractivity contribution in [3.63, 3.8) is 0 Å². The molecule has 3 N–H and O–H groups in total. The van der Waals surface area contributed by atoms with E-state index in [2.05, 4.69) is 15.5 Å². The van der Waals surface area contributed by atoms with Gasteiger partial charge in [-0.1, -0.05) is 30.0 Å². The predicted octanol–water partition coefficient (Wildman–Crippen LogP) is 1.54. The molecule has 9 nitrogen and oxygen atoms in total. The fourth-order valence-electron chi connectivity index (χ4n) is 2.59. The number of para-hydroxylation sites is 1. The average molecular weight is 427 g/mol. The Kier molecular flexibility index (Phi) is 5.42. The van der Waals surface area contributed by atoms with Crippen LogP contribution in [0, 0.1) is 6.92 Å². The van der Waals surface area contributed by atoms with Gasteiger partial charge in [0.05, 0.1) is 17.1 Å². The van der Waals surface area contributed by atoms with Crippen molar-refractivity contribution >= 4 is 23.4 Å². The number of hydrogen-bond acceptors (Lipinski definition) is 6. The van der Waals surface area contributed by atoms with E-state index in [-0.39, 0.29) is 21.3 Å². The first-order valence-electron chi connectivity index (χ1n) is 8.15. The molecule has 0 aliphatic carbocycles. The maximum Gasteiger partial charge on any atom is 0.453 e. The first-order chi connectivity index (χ1) is 13.6. The van der Waals surface area contributed by atoms with Crippen molar-refractivity contribution in [3.05, 3.63) is 52.2 Å². The van der Waals surface area contributed by atoms with Gasteiger partial charge in [0.2, 0.25) is 11.1 Å². The van der Waals surface area contributed by atoms with Gasteiger partial charge in [0, 0.05) is 7.05 Å². The van der Waals surface area contributed by atoms with E-state index in [0.717, 1.165) is 0 Å². The van der Waals surface area contributed by atoms with Crippen molar-refractivity contribution in [1.29, 1.82) is 0 Å². The molecule has 154 valence electrons. The molecule has 2 heterocycles. The van der Waals surface area contributed by atoms with Crippen LogP contribution in [0.3, 0.4) is 0 Å². The molecule has 29 heavy (non-hydrogen) atoms. The van der Waals surface area contributed by atoms with Crippen LogP contribution < -0.4 is 16.7 Å². The number of nitrogens with two attached hydrogens (primary N) is 1. The molecule has 1 amide bonds. The number of carbonyl (C=O) groups excluding carboxylic acids is 1. The third kappa shape index (κ3) is 3.99. The van der Waals surface area contributed by atoms with Gasteiger partial charge in [-0.05, 0) is 19.1 Å². The van der Waals surface area contributed by atoms with Gasteiger partial charge >= 0.3 is 6.18 Å². The number of thioether (sulfide) groups is 1. The molecule has 2 aromatic heterocycles. The van der Waals surface area contributed by atoms with E-state index in [1.54, 1.807) is 42.9 Å². The minimum Gasteiger partial charge on any atom is -0.335 e. The van der Waals surface area contributed by atoms with Crippen molar-refractivity contribution in [3.8, 4) is 5.69 Å². The molecule has 1 aromatic carbocycles. The number of carbonyl (C=O) groups is 1. The van der Waals surface area contributed by atoms with Crippen molar-refractivity contribution < 1.29 is 18.0 Å². The van der Waals surface area contributed by atoms with E-state index in [1.807, 2.05) is 6.07 Å². The summed E-state index contributed by atoms with van der Waals surface area (Å²) in [5.74, 6) is 3.04. The molecule has 3 rings (SSSR count). The highest BCUT2D eigenvalue weighted by Gasteiger charge is 2.38. The molecule has 0 bridgehead atoms. The number of nitrogens with one attached hydrogen (secondary N) is 1. The van der Waals surface area contributed by atoms with Gasteiger partial charge in [0.1, 0.15) is 5.69 Å². The lowest BCUT2D eigenvalue weighted by atomic mass is 10.3. The Morgan fingerprint density at radius 2 is 1.90 bits per heavy atom. The van der Waals surface area contributed by atoms with Gasteiger partial charge in [-0.15, -0.1) is 10.2 Å². The summed E-state index contributed by atoms with van der Waals surface area (Å²) in [6.45, 7) is 1.66. The molecule has 3 aromatic rings. The minimum absolute atomic E-state index is 0.0761. The van der Waals surface area contributed by atoms with Crippen LogP contribution in [0.1, 0.15) is 11.5 Å². The standard InChI is InChI=1S/C16H16F3N7O2S/c1-9-12(13(28)26(24(9)2)10-6-4-3-5-7-10)21-11(27)8-29-15-23-22-14(25(15)20)16(17,18)19/h3-7H,8,20H2,1-2H3,(H,21,27). The summed E-state index contributed by atoms with van der Waals surface area (Å²) < 4.78 is 41.3. The molecule has 0 unspecified atom stereocenters. The van der Waals surface area contributed by atoms with Gasteiger partial charge in [-0.3, -0.25) is 14.3 Å². The van der Waals surface area contributed by atoms with Gasteiger partial charge in [-0.25, -0.2) is 9.36 Å². The summed E-state index contributed by atoms with van der Waals surface area (Å²) in [5, 5.41) is 8.54. The summed E-state index contributed by atoms with van der Waals surface area (Å²) >= 11 is 0.667. The van der Waals surface area contributed by atoms with Crippen LogP contribution in [-0.2, 0) is 18.0 Å². The lowest BCUT2D eigenvalue weighted by Crippen LogP contribution is -2.24. The topological polar surface area (TPSA) is 113 Å². The summed E-state index contributed by atoms with van der Waals surface area (Å²) in [5.41, 5.74) is 0.774. The van der Waals surface area contributed by atoms with Crippen LogP contribution in [0.4, 0.5) is 18.9 Å². The monoisotopic (exact) mass is 427 g/mol. The summed E-state index contributed by atoms with van der Waals surface area (Å²) in [6.07, 6.45) is -4.76. The number of halogens is 3.